The Kier molecular flexibility index (Phi) is 5.19. The largest absolute Gasteiger partial charge is 0.340 e. The van der Waals surface area contributed by atoms with Crippen LogP contribution in [0, 0.1) is 11.3 Å². The van der Waals surface area contributed by atoms with Crippen molar-refractivity contribution < 1.29 is 13.2 Å². The van der Waals surface area contributed by atoms with Crippen LogP contribution >= 0.6 is 0 Å². The molecule has 1 amide bonds. The number of nitrogens with zero attached hydrogens (tertiary/aromatic N) is 3. The lowest BCUT2D eigenvalue weighted by Crippen LogP contribution is -2.56. The average Bonchev–Trinajstić information content (AvgIpc) is 2.45. The zero-order chi connectivity index (χ0) is 16.5. The molecule has 0 bridgehead atoms. The van der Waals surface area contributed by atoms with Crippen molar-refractivity contribution in [2.45, 2.75) is 40.5 Å². The molecule has 0 aromatic rings. The predicted octanol–water partition coefficient (Wildman–Crippen LogP) is 1.15. The first-order chi connectivity index (χ1) is 10.1. The van der Waals surface area contributed by atoms with E-state index < -0.39 is 15.6 Å². The lowest BCUT2D eigenvalue weighted by molar-refractivity contribution is -0.140. The second-order valence-corrected chi connectivity index (χ2v) is 9.48. The van der Waals surface area contributed by atoms with E-state index in [0.29, 0.717) is 45.2 Å². The SMILES string of the molecule is CC1CCCN(S(=O)(=O)N2CCN(C(=O)C(C)(C)C)CC2)C1. The van der Waals surface area contributed by atoms with Gasteiger partial charge in [-0.25, -0.2) is 0 Å². The van der Waals surface area contributed by atoms with E-state index in [1.54, 1.807) is 9.21 Å². The summed E-state index contributed by atoms with van der Waals surface area (Å²) < 4.78 is 28.6. The Morgan fingerprint density at radius 3 is 2.09 bits per heavy atom. The van der Waals surface area contributed by atoms with Gasteiger partial charge in [0, 0.05) is 44.7 Å². The molecule has 2 aliphatic heterocycles. The molecule has 0 aromatic heterocycles. The molecule has 22 heavy (non-hydrogen) atoms. The second kappa shape index (κ2) is 6.45. The highest BCUT2D eigenvalue weighted by Crippen LogP contribution is 2.23. The normalized spacial score (nSPS) is 26.2. The van der Waals surface area contributed by atoms with Gasteiger partial charge in [-0.05, 0) is 18.8 Å². The molecular weight excluding hydrogens is 302 g/mol. The van der Waals surface area contributed by atoms with Gasteiger partial charge in [-0.1, -0.05) is 27.7 Å². The van der Waals surface area contributed by atoms with Gasteiger partial charge < -0.3 is 4.90 Å². The van der Waals surface area contributed by atoms with E-state index in [0.717, 1.165) is 12.8 Å². The first-order valence-electron chi connectivity index (χ1n) is 8.17. The standard InChI is InChI=1S/C15H29N3O3S/c1-13-6-5-7-18(12-13)22(20,21)17-10-8-16(9-11-17)14(19)15(2,3)4/h13H,5-12H2,1-4H3. The summed E-state index contributed by atoms with van der Waals surface area (Å²) in [6.07, 6.45) is 2.03. The molecule has 2 aliphatic rings. The first-order valence-corrected chi connectivity index (χ1v) is 9.56. The van der Waals surface area contributed by atoms with Gasteiger partial charge in [0.1, 0.15) is 0 Å². The molecule has 0 aromatic carbocycles. The number of hydrogen-bond donors (Lipinski definition) is 0. The van der Waals surface area contributed by atoms with Crippen LogP contribution in [0.3, 0.4) is 0 Å². The zero-order valence-electron chi connectivity index (χ0n) is 14.2. The summed E-state index contributed by atoms with van der Waals surface area (Å²) in [5, 5.41) is 0. The van der Waals surface area contributed by atoms with Crippen molar-refractivity contribution in [2.75, 3.05) is 39.3 Å². The molecule has 1 atom stereocenters. The summed E-state index contributed by atoms with van der Waals surface area (Å²) in [5.74, 6) is 0.517. The summed E-state index contributed by atoms with van der Waals surface area (Å²) in [6.45, 7) is 10.8. The Morgan fingerprint density at radius 2 is 1.59 bits per heavy atom. The molecule has 2 rings (SSSR count). The van der Waals surface area contributed by atoms with Crippen LogP contribution in [0.1, 0.15) is 40.5 Å². The molecule has 0 radical (unpaired) electrons. The third-order valence-electron chi connectivity index (χ3n) is 4.44. The van der Waals surface area contributed by atoms with E-state index in [1.165, 1.54) is 4.31 Å². The van der Waals surface area contributed by atoms with E-state index in [2.05, 4.69) is 6.92 Å². The zero-order valence-corrected chi connectivity index (χ0v) is 15.0. The first kappa shape index (κ1) is 17.7. The molecule has 128 valence electrons. The van der Waals surface area contributed by atoms with E-state index >= 15 is 0 Å². The van der Waals surface area contributed by atoms with Crippen molar-refractivity contribution >= 4 is 16.1 Å². The van der Waals surface area contributed by atoms with E-state index in [-0.39, 0.29) is 5.91 Å². The summed E-state index contributed by atoms with van der Waals surface area (Å²) in [6, 6.07) is 0. The lowest BCUT2D eigenvalue weighted by atomic mass is 9.94. The average molecular weight is 331 g/mol. The van der Waals surface area contributed by atoms with Gasteiger partial charge in [-0.2, -0.15) is 17.0 Å². The van der Waals surface area contributed by atoms with Crippen molar-refractivity contribution in [1.29, 1.82) is 0 Å². The minimum absolute atomic E-state index is 0.0937. The van der Waals surface area contributed by atoms with Crippen molar-refractivity contribution in [3.05, 3.63) is 0 Å². The van der Waals surface area contributed by atoms with Gasteiger partial charge in [0.2, 0.25) is 5.91 Å². The van der Waals surface area contributed by atoms with Gasteiger partial charge in [0.15, 0.2) is 0 Å². The van der Waals surface area contributed by atoms with Crippen molar-refractivity contribution in [2.24, 2.45) is 11.3 Å². The lowest BCUT2D eigenvalue weighted by Gasteiger charge is -2.40. The molecule has 7 heteroatoms. The van der Waals surface area contributed by atoms with Crippen LogP contribution in [0.15, 0.2) is 0 Å². The summed E-state index contributed by atoms with van der Waals surface area (Å²) in [5.41, 5.74) is -0.413. The topological polar surface area (TPSA) is 60.9 Å². The maximum absolute atomic E-state index is 12.7. The number of hydrogen-bond acceptors (Lipinski definition) is 3. The molecule has 0 spiro atoms. The van der Waals surface area contributed by atoms with Crippen molar-refractivity contribution in [1.82, 2.24) is 13.5 Å². The highest BCUT2D eigenvalue weighted by molar-refractivity contribution is 7.86. The van der Waals surface area contributed by atoms with Crippen LogP contribution in [0.2, 0.25) is 0 Å². The molecule has 2 saturated heterocycles. The number of carbonyl (C=O) groups is 1. The highest BCUT2D eigenvalue weighted by Gasteiger charge is 2.36. The number of carbonyl (C=O) groups excluding carboxylic acids is 1. The Bertz CT molecular complexity index is 505. The van der Waals surface area contributed by atoms with E-state index in [4.69, 9.17) is 0 Å². The van der Waals surface area contributed by atoms with Crippen LogP contribution in [0.25, 0.3) is 0 Å². The molecule has 2 heterocycles. The van der Waals surface area contributed by atoms with E-state index in [1.807, 2.05) is 20.8 Å². The summed E-state index contributed by atoms with van der Waals surface area (Å²) >= 11 is 0. The molecule has 0 N–H and O–H groups in total. The monoisotopic (exact) mass is 331 g/mol. The van der Waals surface area contributed by atoms with Crippen LogP contribution in [0.4, 0.5) is 0 Å². The smallest absolute Gasteiger partial charge is 0.282 e. The maximum Gasteiger partial charge on any atom is 0.282 e. The van der Waals surface area contributed by atoms with Crippen LogP contribution in [-0.4, -0.2) is 67.1 Å². The highest BCUT2D eigenvalue weighted by atomic mass is 32.2. The van der Waals surface area contributed by atoms with Crippen LogP contribution in [-0.2, 0) is 15.0 Å². The fourth-order valence-corrected chi connectivity index (χ4v) is 4.87. The Labute approximate surface area is 134 Å². The molecule has 2 fully saturated rings. The fraction of sp³-hybridized carbons (Fsp3) is 0.933. The minimum atomic E-state index is -3.37. The maximum atomic E-state index is 12.7. The van der Waals surface area contributed by atoms with Gasteiger partial charge in [-0.15, -0.1) is 0 Å². The molecular formula is C15H29N3O3S. The number of piperidine rings is 1. The summed E-state index contributed by atoms with van der Waals surface area (Å²) in [4.78, 5) is 14.1. The van der Waals surface area contributed by atoms with Gasteiger partial charge in [0.25, 0.3) is 10.2 Å². The Morgan fingerprint density at radius 1 is 1.00 bits per heavy atom. The van der Waals surface area contributed by atoms with E-state index in [9.17, 15) is 13.2 Å². The predicted molar refractivity (Wildman–Crippen MR) is 86.5 cm³/mol. The molecule has 0 saturated carbocycles. The minimum Gasteiger partial charge on any atom is -0.340 e. The molecule has 1 unspecified atom stereocenters. The number of piperazine rings is 1. The number of rotatable bonds is 2. The number of amides is 1. The molecule has 6 nitrogen and oxygen atoms in total. The third-order valence-corrected chi connectivity index (χ3v) is 6.44. The van der Waals surface area contributed by atoms with Crippen molar-refractivity contribution in [3.8, 4) is 0 Å². The quantitative estimate of drug-likeness (QED) is 0.763. The van der Waals surface area contributed by atoms with Crippen LogP contribution in [0.5, 0.6) is 0 Å². The van der Waals surface area contributed by atoms with Gasteiger partial charge in [-0.3, -0.25) is 4.79 Å². The van der Waals surface area contributed by atoms with Gasteiger partial charge >= 0.3 is 0 Å². The molecule has 0 aliphatic carbocycles. The third kappa shape index (κ3) is 3.81. The van der Waals surface area contributed by atoms with Crippen molar-refractivity contribution in [3.63, 3.8) is 0 Å². The second-order valence-electron chi connectivity index (χ2n) is 7.55. The van der Waals surface area contributed by atoms with Crippen LogP contribution < -0.4 is 0 Å². The van der Waals surface area contributed by atoms with Gasteiger partial charge in [0.05, 0.1) is 0 Å². The fourth-order valence-electron chi connectivity index (χ4n) is 3.12. The Hall–Kier alpha value is -0.660. The Balaban J connectivity index is 1.97. The summed E-state index contributed by atoms with van der Waals surface area (Å²) in [7, 11) is -3.37.